The first-order chi connectivity index (χ1) is 16.2. The predicted molar refractivity (Wildman–Crippen MR) is 116 cm³/mol. The van der Waals surface area contributed by atoms with Crippen molar-refractivity contribution in [3.05, 3.63) is 70.8 Å². The van der Waals surface area contributed by atoms with Crippen LogP contribution in [0.4, 0.5) is 8.78 Å². The number of amides is 2. The Balaban J connectivity index is 2.25. The van der Waals surface area contributed by atoms with Crippen molar-refractivity contribution in [2.24, 2.45) is 0 Å². The summed E-state index contributed by atoms with van der Waals surface area (Å²) in [4.78, 5) is 36.4. The maximum Gasteiger partial charge on any atom is 0.335 e. The highest BCUT2D eigenvalue weighted by molar-refractivity contribution is 5.98. The molecule has 0 heterocycles. The van der Waals surface area contributed by atoms with Crippen molar-refractivity contribution in [3.8, 4) is 23.7 Å². The van der Waals surface area contributed by atoms with Crippen LogP contribution in [0.15, 0.2) is 48.5 Å². The fourth-order valence-corrected chi connectivity index (χ4v) is 2.95. The van der Waals surface area contributed by atoms with E-state index in [1.807, 2.05) is 0 Å². The third kappa shape index (κ3) is 6.62. The summed E-state index contributed by atoms with van der Waals surface area (Å²) < 4.78 is 26.1. The van der Waals surface area contributed by atoms with Crippen molar-refractivity contribution >= 4 is 17.8 Å². The van der Waals surface area contributed by atoms with Crippen molar-refractivity contribution in [2.75, 3.05) is 6.54 Å². The molecule has 0 fully saturated rings. The highest BCUT2D eigenvalue weighted by atomic mass is 19.3. The minimum absolute atomic E-state index is 0.0167. The van der Waals surface area contributed by atoms with E-state index in [9.17, 15) is 28.3 Å². The van der Waals surface area contributed by atoms with Gasteiger partial charge in [0.1, 0.15) is 12.1 Å². The van der Waals surface area contributed by atoms with Crippen LogP contribution in [0.25, 0.3) is 0 Å². The second-order valence-corrected chi connectivity index (χ2v) is 6.80. The lowest BCUT2D eigenvalue weighted by molar-refractivity contribution is -0.143. The maximum atomic E-state index is 13.0. The number of hydroxylamine groups is 1. The van der Waals surface area contributed by atoms with E-state index in [-0.39, 0.29) is 17.7 Å². The first-order valence-corrected chi connectivity index (χ1v) is 9.86. The Hall–Kier alpha value is -4.25. The predicted octanol–water partition coefficient (Wildman–Crippen LogP) is 1.75. The van der Waals surface area contributed by atoms with E-state index in [0.29, 0.717) is 11.1 Å². The summed E-state index contributed by atoms with van der Waals surface area (Å²) in [6.07, 6.45) is -5.85. The van der Waals surface area contributed by atoms with Crippen LogP contribution >= 0.6 is 0 Å². The Morgan fingerprint density at radius 3 is 2.15 bits per heavy atom. The Morgan fingerprint density at radius 2 is 1.62 bits per heavy atom. The molecular formula is C24H20F2N2O6. The summed E-state index contributed by atoms with van der Waals surface area (Å²) in [6.45, 7) is 1.22. The Bertz CT molecular complexity index is 1180. The summed E-state index contributed by atoms with van der Waals surface area (Å²) in [5.74, 6) is 7.42. The molecule has 0 aromatic heterocycles. The lowest BCUT2D eigenvalue weighted by Gasteiger charge is -2.32. The molecule has 2 rings (SSSR count). The Labute approximate surface area is 193 Å². The maximum absolute atomic E-state index is 13.0. The standard InChI is InChI=1S/C24H20F2N2O6/c1-2-28(19(22(30)27-34)20(29)21(25)26)23(31)18-9-5-8-16(14-18)7-4-3-6-15-10-12-17(13-11-15)24(32)33/h5,8-14,19-21,29,34H,2H2,1H3,(H,27,30)(H,32,33). The van der Waals surface area contributed by atoms with Gasteiger partial charge >= 0.3 is 5.97 Å². The number of carbonyl (C=O) groups excluding carboxylic acids is 2. The van der Waals surface area contributed by atoms with Gasteiger partial charge in [0.05, 0.1) is 5.56 Å². The molecule has 0 spiro atoms. The highest BCUT2D eigenvalue weighted by Crippen LogP contribution is 2.17. The Kier molecular flexibility index (Phi) is 9.27. The van der Waals surface area contributed by atoms with Gasteiger partial charge in [-0.15, -0.1) is 0 Å². The molecule has 0 saturated heterocycles. The number of halogens is 2. The molecule has 2 atom stereocenters. The van der Waals surface area contributed by atoms with Gasteiger partial charge in [0.2, 0.25) is 0 Å². The first-order valence-electron chi connectivity index (χ1n) is 9.86. The molecule has 34 heavy (non-hydrogen) atoms. The minimum Gasteiger partial charge on any atom is -0.478 e. The number of aliphatic hydroxyl groups is 1. The van der Waals surface area contributed by atoms with E-state index in [1.165, 1.54) is 54.9 Å². The van der Waals surface area contributed by atoms with E-state index < -0.39 is 36.4 Å². The average Bonchev–Trinajstić information content (AvgIpc) is 2.84. The number of carboxylic acids is 1. The van der Waals surface area contributed by atoms with Gasteiger partial charge in [-0.1, -0.05) is 17.9 Å². The average molecular weight is 470 g/mol. The molecule has 0 saturated carbocycles. The van der Waals surface area contributed by atoms with Gasteiger partial charge in [-0.25, -0.2) is 19.1 Å². The molecule has 2 amide bonds. The van der Waals surface area contributed by atoms with Crippen LogP contribution in [-0.4, -0.2) is 63.2 Å². The zero-order valence-corrected chi connectivity index (χ0v) is 17.8. The smallest absolute Gasteiger partial charge is 0.335 e. The molecule has 176 valence electrons. The van der Waals surface area contributed by atoms with Gasteiger partial charge in [0.25, 0.3) is 18.2 Å². The van der Waals surface area contributed by atoms with Crippen molar-refractivity contribution in [3.63, 3.8) is 0 Å². The van der Waals surface area contributed by atoms with Crippen LogP contribution < -0.4 is 5.48 Å². The summed E-state index contributed by atoms with van der Waals surface area (Å²) in [5, 5.41) is 27.5. The summed E-state index contributed by atoms with van der Waals surface area (Å²) in [5.41, 5.74) is 2.26. The van der Waals surface area contributed by atoms with Crippen molar-refractivity contribution in [1.82, 2.24) is 10.4 Å². The number of rotatable bonds is 7. The van der Waals surface area contributed by atoms with Gasteiger partial charge in [-0.3, -0.25) is 14.8 Å². The molecule has 2 aromatic carbocycles. The quantitative estimate of drug-likeness (QED) is 0.277. The number of aliphatic hydroxyl groups excluding tert-OH is 1. The zero-order valence-electron chi connectivity index (χ0n) is 17.8. The molecule has 8 nitrogen and oxygen atoms in total. The molecular weight excluding hydrogens is 450 g/mol. The van der Waals surface area contributed by atoms with E-state index in [2.05, 4.69) is 23.7 Å². The summed E-state index contributed by atoms with van der Waals surface area (Å²) >= 11 is 0. The van der Waals surface area contributed by atoms with Crippen LogP contribution in [0.5, 0.6) is 0 Å². The molecule has 0 aliphatic heterocycles. The van der Waals surface area contributed by atoms with Crippen molar-refractivity contribution in [2.45, 2.75) is 25.5 Å². The monoisotopic (exact) mass is 470 g/mol. The van der Waals surface area contributed by atoms with Crippen LogP contribution in [-0.2, 0) is 4.79 Å². The van der Waals surface area contributed by atoms with Gasteiger partial charge in [-0.2, -0.15) is 0 Å². The summed E-state index contributed by atoms with van der Waals surface area (Å²) in [6, 6.07) is 9.68. The van der Waals surface area contributed by atoms with E-state index in [1.54, 1.807) is 6.07 Å². The fraction of sp³-hybridized carbons (Fsp3) is 0.208. The first kappa shape index (κ1) is 26.0. The zero-order chi connectivity index (χ0) is 25.3. The molecule has 0 aliphatic carbocycles. The fourth-order valence-electron chi connectivity index (χ4n) is 2.95. The minimum atomic E-state index is -3.33. The van der Waals surface area contributed by atoms with Crippen molar-refractivity contribution < 1.29 is 38.6 Å². The molecule has 2 aromatic rings. The van der Waals surface area contributed by atoms with Crippen LogP contribution in [0.1, 0.15) is 38.8 Å². The number of hydrogen-bond donors (Lipinski definition) is 4. The lowest BCUT2D eigenvalue weighted by Crippen LogP contribution is -2.56. The van der Waals surface area contributed by atoms with Crippen LogP contribution in [0.2, 0.25) is 0 Å². The number of nitrogens with zero attached hydrogens (tertiary/aromatic N) is 1. The normalized spacial score (nSPS) is 11.8. The van der Waals surface area contributed by atoms with E-state index >= 15 is 0 Å². The number of aromatic carboxylic acids is 1. The largest absolute Gasteiger partial charge is 0.478 e. The lowest BCUT2D eigenvalue weighted by atomic mass is 10.1. The van der Waals surface area contributed by atoms with Gasteiger partial charge in [-0.05, 0) is 61.2 Å². The van der Waals surface area contributed by atoms with Gasteiger partial charge < -0.3 is 15.1 Å². The highest BCUT2D eigenvalue weighted by Gasteiger charge is 2.39. The number of benzene rings is 2. The number of likely N-dealkylation sites (N-methyl/N-ethyl adjacent to an activating group) is 1. The SMILES string of the molecule is CCN(C(=O)c1cccc(C#CC#Cc2ccc(C(=O)O)cc2)c1)C(C(=O)NO)C(O)C(F)F. The summed E-state index contributed by atoms with van der Waals surface area (Å²) in [7, 11) is 0. The second kappa shape index (κ2) is 12.1. The second-order valence-electron chi connectivity index (χ2n) is 6.80. The molecule has 0 radical (unpaired) electrons. The molecule has 4 N–H and O–H groups in total. The van der Waals surface area contributed by atoms with E-state index in [0.717, 1.165) is 4.90 Å². The van der Waals surface area contributed by atoms with Gasteiger partial charge in [0, 0.05) is 23.2 Å². The van der Waals surface area contributed by atoms with Crippen LogP contribution in [0.3, 0.4) is 0 Å². The molecule has 2 unspecified atom stereocenters. The molecule has 0 bridgehead atoms. The third-order valence-corrected chi connectivity index (χ3v) is 4.62. The number of alkyl halides is 2. The molecule has 0 aliphatic rings. The van der Waals surface area contributed by atoms with E-state index in [4.69, 9.17) is 10.3 Å². The van der Waals surface area contributed by atoms with Gasteiger partial charge in [0.15, 0.2) is 0 Å². The number of nitrogens with one attached hydrogen (secondary N) is 1. The number of carboxylic acid groups (broad SMARTS) is 1. The number of hydrogen-bond acceptors (Lipinski definition) is 5. The molecule has 10 heteroatoms. The van der Waals surface area contributed by atoms with Crippen LogP contribution in [0, 0.1) is 23.7 Å². The number of carbonyl (C=O) groups is 3. The van der Waals surface area contributed by atoms with Crippen molar-refractivity contribution in [1.29, 1.82) is 0 Å². The topological polar surface area (TPSA) is 127 Å². The third-order valence-electron chi connectivity index (χ3n) is 4.62. The Morgan fingerprint density at radius 1 is 1.00 bits per heavy atom.